The van der Waals surface area contributed by atoms with Crippen molar-refractivity contribution >= 4 is 5.82 Å². The van der Waals surface area contributed by atoms with Gasteiger partial charge in [-0.3, -0.25) is 4.90 Å². The Labute approximate surface area is 137 Å². The molecule has 1 saturated heterocycles. The maximum absolute atomic E-state index is 5.45. The van der Waals surface area contributed by atoms with Crippen molar-refractivity contribution < 1.29 is 4.74 Å². The highest BCUT2D eigenvalue weighted by molar-refractivity contribution is 5.41. The van der Waals surface area contributed by atoms with Gasteiger partial charge >= 0.3 is 0 Å². The van der Waals surface area contributed by atoms with Crippen LogP contribution in [0.3, 0.4) is 0 Å². The second-order valence-electron chi connectivity index (χ2n) is 6.05. The Kier molecular flexibility index (Phi) is 4.76. The summed E-state index contributed by atoms with van der Waals surface area (Å²) in [5.74, 6) is 1.96. The summed E-state index contributed by atoms with van der Waals surface area (Å²) in [5, 5.41) is 8.58. The van der Waals surface area contributed by atoms with Crippen molar-refractivity contribution in [1.29, 1.82) is 0 Å². The predicted octanol–water partition coefficient (Wildman–Crippen LogP) is 2.42. The van der Waals surface area contributed by atoms with Crippen molar-refractivity contribution in [1.82, 2.24) is 15.1 Å². The lowest BCUT2D eigenvalue weighted by atomic mass is 10.1. The fourth-order valence-corrected chi connectivity index (χ4v) is 2.90. The number of ether oxygens (including phenoxy) is 1. The summed E-state index contributed by atoms with van der Waals surface area (Å²) < 4.78 is 5.45. The monoisotopic (exact) mass is 312 g/mol. The van der Waals surface area contributed by atoms with Crippen LogP contribution in [0.1, 0.15) is 16.8 Å². The second kappa shape index (κ2) is 6.96. The summed E-state index contributed by atoms with van der Waals surface area (Å²) in [6.07, 6.45) is 0. The zero-order chi connectivity index (χ0) is 16.2. The largest absolute Gasteiger partial charge is 0.496 e. The van der Waals surface area contributed by atoms with E-state index >= 15 is 0 Å². The summed E-state index contributed by atoms with van der Waals surface area (Å²) in [4.78, 5) is 4.78. The number of nitrogens with zero attached hydrogens (tertiary/aromatic N) is 4. The molecule has 5 heteroatoms. The first kappa shape index (κ1) is 15.7. The lowest BCUT2D eigenvalue weighted by Gasteiger charge is -2.35. The maximum Gasteiger partial charge on any atom is 0.151 e. The van der Waals surface area contributed by atoms with Gasteiger partial charge in [0.1, 0.15) is 5.75 Å². The first-order valence-corrected chi connectivity index (χ1v) is 8.07. The zero-order valence-corrected chi connectivity index (χ0v) is 14.1. The lowest BCUT2D eigenvalue weighted by Crippen LogP contribution is -2.46. The maximum atomic E-state index is 5.45. The third-order valence-corrected chi connectivity index (χ3v) is 4.50. The van der Waals surface area contributed by atoms with Crippen LogP contribution in [0.5, 0.6) is 5.75 Å². The average molecular weight is 312 g/mol. The van der Waals surface area contributed by atoms with Crippen LogP contribution in [0.15, 0.2) is 30.3 Å². The van der Waals surface area contributed by atoms with E-state index < -0.39 is 0 Å². The minimum absolute atomic E-state index is 0.927. The van der Waals surface area contributed by atoms with Gasteiger partial charge in [-0.15, -0.1) is 5.10 Å². The normalized spacial score (nSPS) is 15.7. The molecule has 3 rings (SSSR count). The molecule has 1 fully saturated rings. The highest BCUT2D eigenvalue weighted by atomic mass is 16.5. The second-order valence-corrected chi connectivity index (χ2v) is 6.05. The van der Waals surface area contributed by atoms with Crippen LogP contribution in [0, 0.1) is 13.8 Å². The number of anilines is 1. The Balaban J connectivity index is 1.61. The van der Waals surface area contributed by atoms with Crippen LogP contribution in [-0.4, -0.2) is 48.4 Å². The molecule has 1 aromatic carbocycles. The summed E-state index contributed by atoms with van der Waals surface area (Å²) in [6, 6.07) is 10.4. The predicted molar refractivity (Wildman–Crippen MR) is 92.0 cm³/mol. The Morgan fingerprint density at radius 3 is 2.48 bits per heavy atom. The average Bonchev–Trinajstić information content (AvgIpc) is 2.58. The van der Waals surface area contributed by atoms with Crippen molar-refractivity contribution in [3.05, 3.63) is 47.2 Å². The van der Waals surface area contributed by atoms with Crippen molar-refractivity contribution in [2.45, 2.75) is 20.4 Å². The smallest absolute Gasteiger partial charge is 0.151 e. The molecule has 0 radical (unpaired) electrons. The van der Waals surface area contributed by atoms with Gasteiger partial charge in [-0.25, -0.2) is 0 Å². The molecule has 2 heterocycles. The fourth-order valence-electron chi connectivity index (χ4n) is 2.90. The summed E-state index contributed by atoms with van der Waals surface area (Å²) in [6.45, 7) is 9.01. The quantitative estimate of drug-likeness (QED) is 0.867. The molecule has 0 unspecified atom stereocenters. The Hall–Kier alpha value is -2.14. The lowest BCUT2D eigenvalue weighted by molar-refractivity contribution is 0.245. The van der Waals surface area contributed by atoms with E-state index in [1.54, 1.807) is 7.11 Å². The number of aryl methyl sites for hydroxylation is 2. The third kappa shape index (κ3) is 3.62. The van der Waals surface area contributed by atoms with E-state index in [1.807, 2.05) is 19.1 Å². The number of aromatic nitrogens is 2. The first-order chi connectivity index (χ1) is 11.2. The molecular formula is C18H24N4O. The van der Waals surface area contributed by atoms with E-state index in [0.717, 1.165) is 50.0 Å². The van der Waals surface area contributed by atoms with Crippen LogP contribution in [-0.2, 0) is 6.54 Å². The molecule has 0 spiro atoms. The van der Waals surface area contributed by atoms with Crippen molar-refractivity contribution in [3.8, 4) is 5.75 Å². The molecule has 0 bridgehead atoms. The minimum atomic E-state index is 0.927. The van der Waals surface area contributed by atoms with Crippen molar-refractivity contribution in [3.63, 3.8) is 0 Å². The Morgan fingerprint density at radius 2 is 1.78 bits per heavy atom. The number of para-hydroxylation sites is 1. The first-order valence-electron chi connectivity index (χ1n) is 8.07. The summed E-state index contributed by atoms with van der Waals surface area (Å²) in [5.41, 5.74) is 3.45. The van der Waals surface area contributed by atoms with Gasteiger partial charge in [0.05, 0.1) is 12.8 Å². The molecule has 1 aliphatic rings. The molecule has 5 nitrogen and oxygen atoms in total. The highest BCUT2D eigenvalue weighted by Gasteiger charge is 2.19. The molecule has 122 valence electrons. The molecule has 0 saturated carbocycles. The van der Waals surface area contributed by atoms with Crippen molar-refractivity contribution in [2.75, 3.05) is 38.2 Å². The van der Waals surface area contributed by atoms with Gasteiger partial charge in [0.15, 0.2) is 5.82 Å². The van der Waals surface area contributed by atoms with Gasteiger partial charge in [0, 0.05) is 38.3 Å². The molecule has 0 aliphatic carbocycles. The number of benzene rings is 1. The van der Waals surface area contributed by atoms with Gasteiger partial charge in [-0.05, 0) is 31.5 Å². The van der Waals surface area contributed by atoms with Gasteiger partial charge in [-0.1, -0.05) is 18.2 Å². The van der Waals surface area contributed by atoms with E-state index in [4.69, 9.17) is 4.74 Å². The minimum Gasteiger partial charge on any atom is -0.496 e. The fraction of sp³-hybridized carbons (Fsp3) is 0.444. The molecule has 0 amide bonds. The topological polar surface area (TPSA) is 41.5 Å². The zero-order valence-electron chi connectivity index (χ0n) is 14.1. The molecule has 23 heavy (non-hydrogen) atoms. The molecule has 1 aliphatic heterocycles. The Morgan fingerprint density at radius 1 is 1.04 bits per heavy atom. The molecule has 0 N–H and O–H groups in total. The van der Waals surface area contributed by atoms with Crippen LogP contribution >= 0.6 is 0 Å². The van der Waals surface area contributed by atoms with Crippen LogP contribution in [0.25, 0.3) is 0 Å². The number of hydrogen-bond donors (Lipinski definition) is 0. The van der Waals surface area contributed by atoms with Gasteiger partial charge in [-0.2, -0.15) is 5.10 Å². The van der Waals surface area contributed by atoms with E-state index in [2.05, 4.69) is 45.1 Å². The van der Waals surface area contributed by atoms with E-state index in [9.17, 15) is 0 Å². The highest BCUT2D eigenvalue weighted by Crippen LogP contribution is 2.21. The van der Waals surface area contributed by atoms with Gasteiger partial charge in [0.2, 0.25) is 0 Å². The number of piperazine rings is 1. The summed E-state index contributed by atoms with van der Waals surface area (Å²) >= 11 is 0. The number of methoxy groups -OCH3 is 1. The van der Waals surface area contributed by atoms with Crippen LogP contribution in [0.2, 0.25) is 0 Å². The molecule has 2 aromatic rings. The SMILES string of the molecule is COc1ccccc1CN1CCN(c2cc(C)c(C)nn2)CC1. The molecule has 0 atom stereocenters. The van der Waals surface area contributed by atoms with E-state index in [1.165, 1.54) is 11.1 Å². The third-order valence-electron chi connectivity index (χ3n) is 4.50. The van der Waals surface area contributed by atoms with Crippen LogP contribution in [0.4, 0.5) is 5.82 Å². The van der Waals surface area contributed by atoms with Gasteiger partial charge in [0.25, 0.3) is 0 Å². The molecule has 1 aromatic heterocycles. The van der Waals surface area contributed by atoms with E-state index in [0.29, 0.717) is 0 Å². The standard InChI is InChI=1S/C18H24N4O/c1-14-12-18(20-19-15(14)2)22-10-8-21(9-11-22)13-16-6-4-5-7-17(16)23-3/h4-7,12H,8-11,13H2,1-3H3. The van der Waals surface area contributed by atoms with E-state index in [-0.39, 0.29) is 0 Å². The number of rotatable bonds is 4. The van der Waals surface area contributed by atoms with Crippen LogP contribution < -0.4 is 9.64 Å². The van der Waals surface area contributed by atoms with Gasteiger partial charge < -0.3 is 9.64 Å². The summed E-state index contributed by atoms with van der Waals surface area (Å²) in [7, 11) is 1.73. The molecular weight excluding hydrogens is 288 g/mol. The Bertz CT molecular complexity index is 666. The number of hydrogen-bond acceptors (Lipinski definition) is 5. The van der Waals surface area contributed by atoms with Crippen molar-refractivity contribution in [2.24, 2.45) is 0 Å².